The van der Waals surface area contributed by atoms with Crippen molar-refractivity contribution in [3.63, 3.8) is 0 Å². The highest BCUT2D eigenvalue weighted by atomic mass is 35.5. The zero-order chi connectivity index (χ0) is 17.8. The summed E-state index contributed by atoms with van der Waals surface area (Å²) in [5.74, 6) is -0.279. The zero-order valence-corrected chi connectivity index (χ0v) is 15.1. The largest absolute Gasteiger partial charge is 0.346 e. The van der Waals surface area contributed by atoms with Crippen molar-refractivity contribution in [2.24, 2.45) is 0 Å². The van der Waals surface area contributed by atoms with Gasteiger partial charge in [-0.15, -0.1) is 0 Å². The lowest BCUT2D eigenvalue weighted by atomic mass is 10.2. The van der Waals surface area contributed by atoms with Crippen molar-refractivity contribution in [2.45, 2.75) is 20.0 Å². The lowest BCUT2D eigenvalue weighted by molar-refractivity contribution is 0.0950. The number of benzene rings is 1. The summed E-state index contributed by atoms with van der Waals surface area (Å²) < 4.78 is 1.58. The molecule has 128 valence electrons. The Hall–Kier alpha value is -2.37. The number of aromatic nitrogens is 3. The molecule has 0 atom stereocenters. The van der Waals surface area contributed by atoms with Crippen molar-refractivity contribution in [2.75, 3.05) is 0 Å². The second kappa shape index (κ2) is 7.68. The Morgan fingerprint density at radius 2 is 1.92 bits per heavy atom. The fourth-order valence-corrected chi connectivity index (χ4v) is 2.98. The molecule has 1 N–H and O–H groups in total. The number of halogens is 2. The third kappa shape index (κ3) is 4.00. The maximum Gasteiger partial charge on any atom is 0.256 e. The maximum absolute atomic E-state index is 12.5. The van der Waals surface area contributed by atoms with Crippen LogP contribution in [0, 0.1) is 6.92 Å². The topological polar surface area (TPSA) is 59.8 Å². The van der Waals surface area contributed by atoms with E-state index in [1.165, 1.54) is 0 Å². The second-order valence-electron chi connectivity index (χ2n) is 5.50. The molecule has 1 amide bonds. The molecule has 0 radical (unpaired) electrons. The molecule has 3 rings (SSSR count). The summed E-state index contributed by atoms with van der Waals surface area (Å²) in [6, 6.07) is 13.0. The third-order valence-electron chi connectivity index (χ3n) is 3.73. The first-order valence-corrected chi connectivity index (χ1v) is 8.46. The lowest BCUT2D eigenvalue weighted by Crippen LogP contribution is -2.24. The van der Waals surface area contributed by atoms with E-state index in [4.69, 9.17) is 23.2 Å². The summed E-state index contributed by atoms with van der Waals surface area (Å²) in [7, 11) is 0. The smallest absolute Gasteiger partial charge is 0.256 e. The van der Waals surface area contributed by atoms with Gasteiger partial charge >= 0.3 is 0 Å². The van der Waals surface area contributed by atoms with E-state index in [0.717, 1.165) is 11.3 Å². The number of hydrogen-bond donors (Lipinski definition) is 1. The molecule has 2 heterocycles. The quantitative estimate of drug-likeness (QED) is 0.737. The average Bonchev–Trinajstić information content (AvgIpc) is 2.89. The average molecular weight is 375 g/mol. The third-order valence-corrected chi connectivity index (χ3v) is 4.48. The molecule has 7 heteroatoms. The van der Waals surface area contributed by atoms with Gasteiger partial charge in [-0.3, -0.25) is 9.78 Å². The molecule has 0 aliphatic rings. The van der Waals surface area contributed by atoms with Gasteiger partial charge in [0.15, 0.2) is 0 Å². The number of nitrogens with one attached hydrogen (secondary N) is 1. The highest BCUT2D eigenvalue weighted by molar-refractivity contribution is 6.33. The van der Waals surface area contributed by atoms with Crippen LogP contribution in [0.3, 0.4) is 0 Å². The Bertz CT molecular complexity index is 893. The first kappa shape index (κ1) is 17.5. The van der Waals surface area contributed by atoms with Crippen LogP contribution in [-0.2, 0) is 13.1 Å². The molecule has 0 saturated carbocycles. The lowest BCUT2D eigenvalue weighted by Gasteiger charge is -2.06. The number of nitrogens with zero attached hydrogens (tertiary/aromatic N) is 3. The van der Waals surface area contributed by atoms with Crippen LogP contribution < -0.4 is 5.32 Å². The van der Waals surface area contributed by atoms with E-state index >= 15 is 0 Å². The standard InChI is InChI=1S/C18H16Cl2N4O/c1-12-16(18(25)22-10-14-7-4-5-9-21-14)17(20)24(23-12)11-13-6-2-3-8-15(13)19/h2-9H,10-11H2,1H3,(H,22,25). The molecule has 0 aliphatic heterocycles. The van der Waals surface area contributed by atoms with Crippen LogP contribution in [0.4, 0.5) is 0 Å². The minimum atomic E-state index is -0.279. The van der Waals surface area contributed by atoms with E-state index in [0.29, 0.717) is 29.4 Å². The van der Waals surface area contributed by atoms with Crippen LogP contribution in [-0.4, -0.2) is 20.7 Å². The summed E-state index contributed by atoms with van der Waals surface area (Å²) in [4.78, 5) is 16.7. The first-order valence-electron chi connectivity index (χ1n) is 7.70. The highest BCUT2D eigenvalue weighted by Crippen LogP contribution is 2.23. The van der Waals surface area contributed by atoms with Crippen LogP contribution in [0.5, 0.6) is 0 Å². The molecule has 0 saturated heterocycles. The molecule has 25 heavy (non-hydrogen) atoms. The zero-order valence-electron chi connectivity index (χ0n) is 13.5. The van der Waals surface area contributed by atoms with Crippen LogP contribution >= 0.6 is 23.2 Å². The predicted octanol–water partition coefficient (Wildman–Crippen LogP) is 3.87. The SMILES string of the molecule is Cc1nn(Cc2ccccc2Cl)c(Cl)c1C(=O)NCc1ccccn1. The molecule has 5 nitrogen and oxygen atoms in total. The van der Waals surface area contributed by atoms with Crippen LogP contribution in [0.1, 0.15) is 27.3 Å². The van der Waals surface area contributed by atoms with E-state index in [2.05, 4.69) is 15.4 Å². The molecule has 1 aromatic carbocycles. The minimum absolute atomic E-state index is 0.279. The Morgan fingerprint density at radius 3 is 2.64 bits per heavy atom. The molecular weight excluding hydrogens is 359 g/mol. The van der Waals surface area contributed by atoms with Gasteiger partial charge in [-0.05, 0) is 30.7 Å². The van der Waals surface area contributed by atoms with Crippen LogP contribution in [0.2, 0.25) is 10.2 Å². The summed E-state index contributed by atoms with van der Waals surface area (Å²) in [5.41, 5.74) is 2.59. The molecule has 0 unspecified atom stereocenters. The van der Waals surface area contributed by atoms with Crippen LogP contribution in [0.25, 0.3) is 0 Å². The number of carbonyl (C=O) groups is 1. The molecule has 2 aromatic heterocycles. The van der Waals surface area contributed by atoms with Gasteiger partial charge in [0.1, 0.15) is 5.15 Å². The van der Waals surface area contributed by atoms with E-state index in [-0.39, 0.29) is 11.1 Å². The number of carbonyl (C=O) groups excluding carboxylic acids is 1. The van der Waals surface area contributed by atoms with Gasteiger partial charge in [-0.1, -0.05) is 47.5 Å². The number of rotatable bonds is 5. The van der Waals surface area contributed by atoms with Crippen molar-refractivity contribution < 1.29 is 4.79 Å². The number of amides is 1. The van der Waals surface area contributed by atoms with E-state index in [1.54, 1.807) is 17.8 Å². The Labute approximate surface area is 155 Å². The summed E-state index contributed by atoms with van der Waals surface area (Å²) >= 11 is 12.6. The number of pyridine rings is 1. The van der Waals surface area contributed by atoms with Gasteiger partial charge < -0.3 is 5.32 Å². The Morgan fingerprint density at radius 1 is 1.16 bits per heavy atom. The fourth-order valence-electron chi connectivity index (χ4n) is 2.47. The molecule has 0 bridgehead atoms. The van der Waals surface area contributed by atoms with Gasteiger partial charge in [-0.25, -0.2) is 4.68 Å². The fraction of sp³-hybridized carbons (Fsp3) is 0.167. The van der Waals surface area contributed by atoms with E-state index in [1.807, 2.05) is 42.5 Å². The maximum atomic E-state index is 12.5. The van der Waals surface area contributed by atoms with Gasteiger partial charge in [-0.2, -0.15) is 5.10 Å². The van der Waals surface area contributed by atoms with Crippen molar-refractivity contribution in [1.82, 2.24) is 20.1 Å². The van der Waals surface area contributed by atoms with E-state index in [9.17, 15) is 4.79 Å². The van der Waals surface area contributed by atoms with Crippen LogP contribution in [0.15, 0.2) is 48.7 Å². The van der Waals surface area contributed by atoms with Gasteiger partial charge in [0, 0.05) is 11.2 Å². The predicted molar refractivity (Wildman–Crippen MR) is 97.9 cm³/mol. The first-order chi connectivity index (χ1) is 12.1. The Balaban J connectivity index is 1.77. The van der Waals surface area contributed by atoms with Crippen molar-refractivity contribution in [3.05, 3.63) is 81.4 Å². The van der Waals surface area contributed by atoms with Crippen molar-refractivity contribution in [3.8, 4) is 0 Å². The molecule has 3 aromatic rings. The van der Waals surface area contributed by atoms with E-state index < -0.39 is 0 Å². The molecule has 0 fully saturated rings. The number of hydrogen-bond acceptors (Lipinski definition) is 3. The molecule has 0 aliphatic carbocycles. The molecule has 0 spiro atoms. The van der Waals surface area contributed by atoms with Gasteiger partial charge in [0.25, 0.3) is 5.91 Å². The highest BCUT2D eigenvalue weighted by Gasteiger charge is 2.20. The minimum Gasteiger partial charge on any atom is -0.346 e. The van der Waals surface area contributed by atoms with Gasteiger partial charge in [0.05, 0.1) is 30.0 Å². The summed E-state index contributed by atoms with van der Waals surface area (Å²) in [6.45, 7) is 2.47. The molecular formula is C18H16Cl2N4O. The summed E-state index contributed by atoms with van der Waals surface area (Å²) in [6.07, 6.45) is 1.68. The normalized spacial score (nSPS) is 10.7. The van der Waals surface area contributed by atoms with Crippen molar-refractivity contribution >= 4 is 29.1 Å². The monoisotopic (exact) mass is 374 g/mol. The second-order valence-corrected chi connectivity index (χ2v) is 6.27. The van der Waals surface area contributed by atoms with Gasteiger partial charge in [0.2, 0.25) is 0 Å². The van der Waals surface area contributed by atoms with Crippen molar-refractivity contribution in [1.29, 1.82) is 0 Å². The number of aryl methyl sites for hydroxylation is 1. The Kier molecular flexibility index (Phi) is 5.36. The summed E-state index contributed by atoms with van der Waals surface area (Å²) in [5, 5.41) is 8.11.